The second-order valence-corrected chi connectivity index (χ2v) is 4.08. The van der Waals surface area contributed by atoms with Gasteiger partial charge in [-0.3, -0.25) is 4.79 Å². The zero-order valence-electron chi connectivity index (χ0n) is 7.88. The minimum Gasteiger partial charge on any atom is -0.480 e. The molecule has 0 radical (unpaired) electrons. The highest BCUT2D eigenvalue weighted by atomic mass is 16.4. The molecule has 0 spiro atoms. The van der Waals surface area contributed by atoms with Crippen molar-refractivity contribution >= 4 is 11.9 Å². The van der Waals surface area contributed by atoms with E-state index in [9.17, 15) is 14.7 Å². The Hall–Kier alpha value is -1.10. The number of aliphatic hydroxyl groups is 1. The summed E-state index contributed by atoms with van der Waals surface area (Å²) >= 11 is 0. The van der Waals surface area contributed by atoms with Crippen LogP contribution in [0.25, 0.3) is 0 Å². The number of hydrogen-bond donors (Lipinski definition) is 2. The Morgan fingerprint density at radius 3 is 2.50 bits per heavy atom. The smallest absolute Gasteiger partial charge is 0.326 e. The summed E-state index contributed by atoms with van der Waals surface area (Å²) in [6, 6.07) is -1.00. The van der Waals surface area contributed by atoms with Crippen molar-refractivity contribution in [1.29, 1.82) is 0 Å². The minimum absolute atomic E-state index is 0.0728. The maximum atomic E-state index is 11.2. The largest absolute Gasteiger partial charge is 0.480 e. The maximum absolute atomic E-state index is 11.2. The molecule has 2 rings (SSSR count). The molecule has 0 aromatic rings. The predicted octanol–water partition coefficient (Wildman–Crippen LogP) is -0.559. The normalized spacial score (nSPS) is 40.3. The highest BCUT2D eigenvalue weighted by Gasteiger charge is 2.54. The first kappa shape index (κ1) is 9.45. The Morgan fingerprint density at radius 1 is 1.36 bits per heavy atom. The summed E-state index contributed by atoms with van der Waals surface area (Å²) in [7, 11) is 0. The van der Waals surface area contributed by atoms with Crippen LogP contribution in [0.15, 0.2) is 0 Å². The van der Waals surface area contributed by atoms with Gasteiger partial charge in [-0.2, -0.15) is 0 Å². The fourth-order valence-electron chi connectivity index (χ4n) is 2.77. The van der Waals surface area contributed by atoms with E-state index in [1.807, 2.05) is 0 Å². The molecule has 1 aliphatic heterocycles. The number of rotatable bonds is 1. The topological polar surface area (TPSA) is 77.8 Å². The summed E-state index contributed by atoms with van der Waals surface area (Å²) < 4.78 is 0. The van der Waals surface area contributed by atoms with Crippen LogP contribution in [0.1, 0.15) is 19.8 Å². The number of carbonyl (C=O) groups is 2. The number of fused-ring (bicyclic) bond motifs is 2. The summed E-state index contributed by atoms with van der Waals surface area (Å²) in [4.78, 5) is 23.5. The van der Waals surface area contributed by atoms with E-state index in [1.165, 1.54) is 11.8 Å². The van der Waals surface area contributed by atoms with Gasteiger partial charge in [-0.25, -0.2) is 4.79 Å². The third-order valence-electron chi connectivity index (χ3n) is 3.25. The van der Waals surface area contributed by atoms with Crippen molar-refractivity contribution in [3.63, 3.8) is 0 Å². The van der Waals surface area contributed by atoms with Crippen LogP contribution in [0.4, 0.5) is 0 Å². The van der Waals surface area contributed by atoms with Crippen molar-refractivity contribution in [3.05, 3.63) is 0 Å². The monoisotopic (exact) mass is 199 g/mol. The molecule has 1 amide bonds. The first-order valence-electron chi connectivity index (χ1n) is 4.72. The molecule has 1 saturated carbocycles. The number of piperidine rings is 1. The van der Waals surface area contributed by atoms with E-state index in [2.05, 4.69) is 0 Å². The minimum atomic E-state index is -0.959. The molecule has 2 N–H and O–H groups in total. The highest BCUT2D eigenvalue weighted by molar-refractivity contribution is 5.84. The number of likely N-dealkylation sites (tertiary alicyclic amines) is 1. The molecule has 14 heavy (non-hydrogen) atoms. The van der Waals surface area contributed by atoms with Crippen LogP contribution in [0, 0.1) is 5.92 Å². The van der Waals surface area contributed by atoms with Crippen molar-refractivity contribution in [2.75, 3.05) is 0 Å². The quantitative estimate of drug-likeness (QED) is 0.593. The average molecular weight is 199 g/mol. The highest BCUT2D eigenvalue weighted by Crippen LogP contribution is 2.42. The standard InChI is InChI=1S/C9H13NO4/c1-4(11)10-6-2-5(3-7(6)12)8(10)9(13)14/h5-8,12H,2-3H2,1H3,(H,13,14)/t5-,6+,7+,8+/m1/s1. The number of aliphatic hydroxyl groups excluding tert-OH is 1. The average Bonchev–Trinajstić information content (AvgIpc) is 2.58. The van der Waals surface area contributed by atoms with Gasteiger partial charge in [0, 0.05) is 6.92 Å². The first-order valence-corrected chi connectivity index (χ1v) is 4.72. The van der Waals surface area contributed by atoms with E-state index in [-0.39, 0.29) is 17.9 Å². The van der Waals surface area contributed by atoms with Crippen molar-refractivity contribution in [3.8, 4) is 0 Å². The van der Waals surface area contributed by atoms with Gasteiger partial charge in [-0.05, 0) is 18.8 Å². The molecule has 1 heterocycles. The van der Waals surface area contributed by atoms with Crippen molar-refractivity contribution in [1.82, 2.24) is 4.90 Å². The number of carboxylic acid groups (broad SMARTS) is 1. The first-order chi connectivity index (χ1) is 6.52. The van der Waals surface area contributed by atoms with E-state index in [0.29, 0.717) is 12.8 Å². The van der Waals surface area contributed by atoms with E-state index < -0.39 is 18.1 Å². The zero-order valence-corrected chi connectivity index (χ0v) is 7.88. The molecule has 1 saturated heterocycles. The third-order valence-corrected chi connectivity index (χ3v) is 3.25. The number of hydrogen-bond acceptors (Lipinski definition) is 3. The summed E-state index contributed by atoms with van der Waals surface area (Å²) in [6.45, 7) is 1.35. The number of amides is 1. The van der Waals surface area contributed by atoms with Gasteiger partial charge >= 0.3 is 5.97 Å². The van der Waals surface area contributed by atoms with Crippen LogP contribution in [0.5, 0.6) is 0 Å². The summed E-state index contributed by atoms with van der Waals surface area (Å²) in [5.41, 5.74) is 0. The van der Waals surface area contributed by atoms with Crippen LogP contribution in [-0.2, 0) is 9.59 Å². The fourth-order valence-corrected chi connectivity index (χ4v) is 2.77. The number of carboxylic acids is 1. The number of nitrogens with zero attached hydrogens (tertiary/aromatic N) is 1. The van der Waals surface area contributed by atoms with Crippen LogP contribution >= 0.6 is 0 Å². The lowest BCUT2D eigenvalue weighted by Crippen LogP contribution is -2.52. The zero-order chi connectivity index (χ0) is 10.5. The predicted molar refractivity (Wildman–Crippen MR) is 46.5 cm³/mol. The molecule has 5 nitrogen and oxygen atoms in total. The Bertz CT molecular complexity index is 291. The second-order valence-electron chi connectivity index (χ2n) is 4.08. The Labute approximate surface area is 81.3 Å². The van der Waals surface area contributed by atoms with Gasteiger partial charge in [0.15, 0.2) is 0 Å². The van der Waals surface area contributed by atoms with E-state index >= 15 is 0 Å². The lowest BCUT2D eigenvalue weighted by molar-refractivity contribution is -0.154. The fraction of sp³-hybridized carbons (Fsp3) is 0.778. The SMILES string of the molecule is CC(=O)N1[C@H](C(=O)O)[C@H]2C[C@H](O)[C@@H]1C2. The van der Waals surface area contributed by atoms with Gasteiger partial charge in [-0.1, -0.05) is 0 Å². The third kappa shape index (κ3) is 1.12. The second kappa shape index (κ2) is 2.95. The van der Waals surface area contributed by atoms with Gasteiger partial charge in [0.25, 0.3) is 0 Å². The molecule has 1 aliphatic carbocycles. The van der Waals surface area contributed by atoms with Crippen LogP contribution in [-0.4, -0.2) is 45.2 Å². The van der Waals surface area contributed by atoms with Gasteiger partial charge in [0.2, 0.25) is 5.91 Å². The van der Waals surface area contributed by atoms with Crippen molar-refractivity contribution in [2.24, 2.45) is 5.92 Å². The van der Waals surface area contributed by atoms with Gasteiger partial charge in [0.05, 0.1) is 12.1 Å². The summed E-state index contributed by atoms with van der Waals surface area (Å²) in [6.07, 6.45) is 0.586. The molecule has 4 atom stereocenters. The number of aliphatic carboxylic acids is 1. The molecule has 0 aromatic heterocycles. The lowest BCUT2D eigenvalue weighted by Gasteiger charge is -2.34. The number of carbonyl (C=O) groups excluding carboxylic acids is 1. The van der Waals surface area contributed by atoms with Crippen LogP contribution < -0.4 is 0 Å². The molecule has 2 aliphatic rings. The van der Waals surface area contributed by atoms with Crippen LogP contribution in [0.2, 0.25) is 0 Å². The summed E-state index contributed by atoms with van der Waals surface area (Å²) in [5.74, 6) is -1.29. The molecule has 5 heteroatoms. The van der Waals surface area contributed by atoms with Gasteiger partial charge in [-0.15, -0.1) is 0 Å². The van der Waals surface area contributed by atoms with E-state index in [1.54, 1.807) is 0 Å². The molecule has 78 valence electrons. The molecule has 2 fully saturated rings. The molecule has 2 bridgehead atoms. The van der Waals surface area contributed by atoms with Crippen LogP contribution in [0.3, 0.4) is 0 Å². The Kier molecular flexibility index (Phi) is 1.99. The summed E-state index contributed by atoms with van der Waals surface area (Å²) in [5, 5.41) is 18.5. The molecule has 0 aromatic carbocycles. The molecule has 0 unspecified atom stereocenters. The van der Waals surface area contributed by atoms with Gasteiger partial charge < -0.3 is 15.1 Å². The Morgan fingerprint density at radius 2 is 2.00 bits per heavy atom. The van der Waals surface area contributed by atoms with Crippen molar-refractivity contribution < 1.29 is 19.8 Å². The Balaban J connectivity index is 2.27. The maximum Gasteiger partial charge on any atom is 0.326 e. The van der Waals surface area contributed by atoms with Gasteiger partial charge in [0.1, 0.15) is 6.04 Å². The van der Waals surface area contributed by atoms with Crippen molar-refractivity contribution in [2.45, 2.75) is 38.0 Å². The van der Waals surface area contributed by atoms with E-state index in [4.69, 9.17) is 5.11 Å². The molecular formula is C9H13NO4. The molecular weight excluding hydrogens is 186 g/mol. The van der Waals surface area contributed by atoms with E-state index in [0.717, 1.165) is 0 Å². The lowest BCUT2D eigenvalue weighted by atomic mass is 9.98.